The van der Waals surface area contributed by atoms with Gasteiger partial charge in [0, 0.05) is 51.3 Å². The molecule has 0 amide bonds. The molecular formula is C28H36N7O3P. The molecule has 0 unspecified atom stereocenters. The Morgan fingerprint density at radius 1 is 0.974 bits per heavy atom. The molecule has 2 aromatic heterocycles. The van der Waals surface area contributed by atoms with Gasteiger partial charge in [-0.25, -0.2) is 0 Å². The first-order chi connectivity index (χ1) is 19.0. The van der Waals surface area contributed by atoms with Crippen LogP contribution in [-0.4, -0.2) is 74.4 Å². The number of anilines is 5. The van der Waals surface area contributed by atoms with E-state index in [2.05, 4.69) is 45.6 Å². The molecule has 0 bridgehead atoms. The van der Waals surface area contributed by atoms with Gasteiger partial charge in [-0.2, -0.15) is 9.97 Å². The average molecular weight is 550 g/mol. The standard InChI is InChI=1S/C28H36N7O3P/c1-34(2)20-13-16-35(17-14-20)23-11-10-19(18-24(23)36-3)30-28-32-26-21(12-15-29-26)27(33-28)31-22-8-6-7-9-25(22)39(37-4)38-5/h6-12,15,18,20H,13-14,16-17H2,1-5H3,(H3,29,30,31,32,33). The Morgan fingerprint density at radius 3 is 2.46 bits per heavy atom. The molecule has 11 heteroatoms. The van der Waals surface area contributed by atoms with E-state index in [1.54, 1.807) is 21.3 Å². The third-order valence-corrected chi connectivity index (χ3v) is 8.52. The van der Waals surface area contributed by atoms with E-state index >= 15 is 0 Å². The lowest BCUT2D eigenvalue weighted by molar-refractivity contribution is 0.249. The lowest BCUT2D eigenvalue weighted by atomic mass is 10.0. The van der Waals surface area contributed by atoms with E-state index in [-0.39, 0.29) is 0 Å². The van der Waals surface area contributed by atoms with Gasteiger partial charge >= 0.3 is 0 Å². The normalized spacial score (nSPS) is 14.4. The highest BCUT2D eigenvalue weighted by Crippen LogP contribution is 2.39. The number of piperidine rings is 1. The zero-order valence-electron chi connectivity index (χ0n) is 23.1. The minimum Gasteiger partial charge on any atom is -0.495 e. The Balaban J connectivity index is 1.40. The molecule has 3 heterocycles. The van der Waals surface area contributed by atoms with Crippen LogP contribution in [0.5, 0.6) is 5.75 Å². The SMILES string of the molecule is COc1cc(Nc2nc(Nc3ccccc3P(OC)OC)c3cc[nH]c3n2)ccc1N1CCC(N(C)C)CC1. The summed E-state index contributed by atoms with van der Waals surface area (Å²) in [6.07, 6.45) is 4.13. The van der Waals surface area contributed by atoms with Gasteiger partial charge in [-0.05, 0) is 57.3 Å². The summed E-state index contributed by atoms with van der Waals surface area (Å²) in [6.45, 7) is 2.01. The van der Waals surface area contributed by atoms with Gasteiger partial charge in [0.1, 0.15) is 17.2 Å². The number of para-hydroxylation sites is 1. The van der Waals surface area contributed by atoms with Crippen molar-refractivity contribution >= 4 is 53.5 Å². The predicted molar refractivity (Wildman–Crippen MR) is 159 cm³/mol. The molecule has 10 nitrogen and oxygen atoms in total. The van der Waals surface area contributed by atoms with Crippen LogP contribution < -0.4 is 25.6 Å². The van der Waals surface area contributed by atoms with Gasteiger partial charge in [-0.15, -0.1) is 0 Å². The van der Waals surface area contributed by atoms with Gasteiger partial charge in [0.2, 0.25) is 14.3 Å². The summed E-state index contributed by atoms with van der Waals surface area (Å²) < 4.78 is 16.9. The average Bonchev–Trinajstić information content (AvgIpc) is 3.44. The van der Waals surface area contributed by atoms with Gasteiger partial charge in [-0.3, -0.25) is 0 Å². The summed E-state index contributed by atoms with van der Waals surface area (Å²) in [6, 6.07) is 16.7. The van der Waals surface area contributed by atoms with Crippen molar-refractivity contribution in [2.24, 2.45) is 0 Å². The second-order valence-electron chi connectivity index (χ2n) is 9.59. The minimum atomic E-state index is -1.22. The van der Waals surface area contributed by atoms with Crippen molar-refractivity contribution in [2.45, 2.75) is 18.9 Å². The third kappa shape index (κ3) is 5.94. The number of aromatic amines is 1. The van der Waals surface area contributed by atoms with Crippen molar-refractivity contribution in [3.63, 3.8) is 0 Å². The van der Waals surface area contributed by atoms with Crippen molar-refractivity contribution in [3.8, 4) is 5.75 Å². The summed E-state index contributed by atoms with van der Waals surface area (Å²) in [7, 11) is 8.10. The smallest absolute Gasteiger partial charge is 0.231 e. The van der Waals surface area contributed by atoms with Crippen molar-refractivity contribution < 1.29 is 13.8 Å². The molecule has 1 aliphatic rings. The fourth-order valence-corrected chi connectivity index (χ4v) is 6.08. The number of hydrogen-bond acceptors (Lipinski definition) is 9. The maximum Gasteiger partial charge on any atom is 0.231 e. The van der Waals surface area contributed by atoms with Gasteiger partial charge in [0.15, 0.2) is 0 Å². The van der Waals surface area contributed by atoms with Gasteiger partial charge in [0.05, 0.1) is 29.2 Å². The Morgan fingerprint density at radius 2 is 1.74 bits per heavy atom. The molecule has 0 radical (unpaired) electrons. The Kier molecular flexibility index (Phi) is 8.47. The lowest BCUT2D eigenvalue weighted by Crippen LogP contribution is -2.42. The molecular weight excluding hydrogens is 513 g/mol. The molecule has 0 saturated carbocycles. The van der Waals surface area contributed by atoms with Crippen molar-refractivity contribution in [1.82, 2.24) is 19.9 Å². The predicted octanol–water partition coefficient (Wildman–Crippen LogP) is 5.21. The summed E-state index contributed by atoms with van der Waals surface area (Å²) >= 11 is 0. The number of benzene rings is 2. The van der Waals surface area contributed by atoms with E-state index in [1.165, 1.54) is 0 Å². The number of H-pyrrole nitrogens is 1. The van der Waals surface area contributed by atoms with E-state index < -0.39 is 8.38 Å². The molecule has 39 heavy (non-hydrogen) atoms. The quantitative estimate of drug-likeness (QED) is 0.230. The lowest BCUT2D eigenvalue weighted by Gasteiger charge is -2.37. The Hall–Kier alpha value is -3.43. The molecule has 1 saturated heterocycles. The van der Waals surface area contributed by atoms with Crippen LogP contribution in [0.25, 0.3) is 11.0 Å². The molecule has 5 rings (SSSR count). The number of ether oxygens (including phenoxy) is 1. The fourth-order valence-electron chi connectivity index (χ4n) is 5.00. The topological polar surface area (TPSA) is 99.8 Å². The molecule has 4 aromatic rings. The highest BCUT2D eigenvalue weighted by Gasteiger charge is 2.23. The van der Waals surface area contributed by atoms with Crippen LogP contribution in [0.3, 0.4) is 0 Å². The molecule has 0 atom stereocenters. The van der Waals surface area contributed by atoms with Crippen LogP contribution in [0, 0.1) is 0 Å². The summed E-state index contributed by atoms with van der Waals surface area (Å²) in [4.78, 5) is 17.4. The highest BCUT2D eigenvalue weighted by atomic mass is 31.2. The van der Waals surface area contributed by atoms with Gasteiger partial charge in [-0.1, -0.05) is 12.1 Å². The van der Waals surface area contributed by atoms with Crippen LogP contribution in [0.4, 0.5) is 28.8 Å². The minimum absolute atomic E-state index is 0.465. The zero-order chi connectivity index (χ0) is 27.4. The maximum atomic E-state index is 5.80. The van der Waals surface area contributed by atoms with E-state index in [9.17, 15) is 0 Å². The van der Waals surface area contributed by atoms with Crippen LogP contribution in [-0.2, 0) is 9.05 Å². The largest absolute Gasteiger partial charge is 0.495 e. The number of aromatic nitrogens is 3. The number of rotatable bonds is 10. The van der Waals surface area contributed by atoms with Crippen molar-refractivity contribution in [3.05, 3.63) is 54.7 Å². The number of hydrogen-bond donors (Lipinski definition) is 3. The monoisotopic (exact) mass is 549 g/mol. The molecule has 3 N–H and O–H groups in total. The molecule has 206 valence electrons. The second-order valence-corrected chi connectivity index (χ2v) is 11.3. The van der Waals surface area contributed by atoms with Gasteiger partial charge in [0.25, 0.3) is 0 Å². The van der Waals surface area contributed by atoms with Crippen LogP contribution in [0.15, 0.2) is 54.7 Å². The first kappa shape index (κ1) is 27.1. The summed E-state index contributed by atoms with van der Waals surface area (Å²) in [5.74, 6) is 1.96. The molecule has 1 aliphatic heterocycles. The molecule has 0 aliphatic carbocycles. The van der Waals surface area contributed by atoms with E-state index in [1.807, 2.05) is 48.7 Å². The van der Waals surface area contributed by atoms with Crippen LogP contribution >= 0.6 is 8.38 Å². The fraction of sp³-hybridized carbons (Fsp3) is 0.357. The third-order valence-electron chi connectivity index (χ3n) is 7.07. The first-order valence-electron chi connectivity index (χ1n) is 13.0. The number of fused-ring (bicyclic) bond motifs is 1. The molecule has 0 spiro atoms. The van der Waals surface area contributed by atoms with Gasteiger partial charge < -0.3 is 39.2 Å². The number of methoxy groups -OCH3 is 1. The van der Waals surface area contributed by atoms with E-state index in [0.717, 1.165) is 65.1 Å². The Bertz CT molecular complexity index is 1400. The summed E-state index contributed by atoms with van der Waals surface area (Å²) in [5.41, 5.74) is 3.54. The number of nitrogens with zero attached hydrogens (tertiary/aromatic N) is 4. The maximum absolute atomic E-state index is 5.80. The van der Waals surface area contributed by atoms with Crippen LogP contribution in [0.2, 0.25) is 0 Å². The van der Waals surface area contributed by atoms with Crippen molar-refractivity contribution in [1.29, 1.82) is 0 Å². The highest BCUT2D eigenvalue weighted by molar-refractivity contribution is 7.56. The number of nitrogens with one attached hydrogen (secondary N) is 3. The van der Waals surface area contributed by atoms with Crippen molar-refractivity contribution in [2.75, 3.05) is 64.0 Å². The molecule has 1 fully saturated rings. The van der Waals surface area contributed by atoms with E-state index in [4.69, 9.17) is 23.8 Å². The second kappa shape index (κ2) is 12.2. The van der Waals surface area contributed by atoms with E-state index in [0.29, 0.717) is 17.8 Å². The Labute approximate surface area is 230 Å². The molecule has 2 aromatic carbocycles. The zero-order valence-corrected chi connectivity index (χ0v) is 24.0. The first-order valence-corrected chi connectivity index (χ1v) is 14.1. The van der Waals surface area contributed by atoms with Crippen LogP contribution in [0.1, 0.15) is 12.8 Å². The summed E-state index contributed by atoms with van der Waals surface area (Å²) in [5, 5.41) is 8.65.